The molecule has 0 bridgehead atoms. The van der Waals surface area contributed by atoms with Crippen molar-refractivity contribution in [2.45, 2.75) is 25.7 Å². The van der Waals surface area contributed by atoms with Crippen LogP contribution in [0.25, 0.3) is 0 Å². The van der Waals surface area contributed by atoms with Gasteiger partial charge in [-0.05, 0) is 43.5 Å². The summed E-state index contributed by atoms with van der Waals surface area (Å²) < 4.78 is 5.52. The lowest BCUT2D eigenvalue weighted by Crippen LogP contribution is -2.33. The minimum Gasteiger partial charge on any atom is -0.494 e. The van der Waals surface area contributed by atoms with Crippen LogP contribution >= 0.6 is 0 Å². The molecule has 9 heteroatoms. The molecular weight excluding hydrogens is 336 g/mol. The molecule has 1 aromatic carbocycles. The number of nitrogens with one attached hydrogen (secondary N) is 1. The second kappa shape index (κ2) is 12.5. The fourth-order valence-corrected chi connectivity index (χ4v) is 2.08. The lowest BCUT2D eigenvalue weighted by atomic mass is 10.1. The molecule has 0 radical (unpaired) electrons. The van der Waals surface area contributed by atoms with Gasteiger partial charge in [-0.1, -0.05) is 17.3 Å². The number of hydrogen-bond acceptors (Lipinski definition) is 6. The minimum absolute atomic E-state index is 0.0472. The summed E-state index contributed by atoms with van der Waals surface area (Å²) in [7, 11) is 0. The average molecular weight is 364 g/mol. The average Bonchev–Trinajstić information content (AvgIpc) is 2.63. The maximum atomic E-state index is 12.1. The molecular formula is C17H28N6O3. The number of nitrogens with zero attached hydrogens (tertiary/aromatic N) is 2. The molecule has 0 fully saturated rings. The summed E-state index contributed by atoms with van der Waals surface area (Å²) in [5.74, 6) is 0.382. The molecule has 0 heterocycles. The number of ether oxygens (including phenoxy) is 1. The first-order valence-electron chi connectivity index (χ1n) is 8.53. The van der Waals surface area contributed by atoms with Crippen LogP contribution < -0.4 is 27.3 Å². The van der Waals surface area contributed by atoms with Crippen LogP contribution in [0.15, 0.2) is 34.4 Å². The molecule has 9 nitrogen and oxygen atoms in total. The Kier molecular flexibility index (Phi) is 10.2. The highest BCUT2D eigenvalue weighted by molar-refractivity contribution is 6.39. The van der Waals surface area contributed by atoms with Gasteiger partial charge < -0.3 is 32.5 Å². The molecule has 144 valence electrons. The third kappa shape index (κ3) is 8.88. The van der Waals surface area contributed by atoms with Gasteiger partial charge in [-0.15, -0.1) is 0 Å². The third-order valence-electron chi connectivity index (χ3n) is 3.46. The van der Waals surface area contributed by atoms with Crippen molar-refractivity contribution in [1.82, 2.24) is 5.32 Å². The number of amides is 1. The molecule has 0 saturated carbocycles. The summed E-state index contributed by atoms with van der Waals surface area (Å²) in [6.45, 7) is 2.10. The zero-order valence-electron chi connectivity index (χ0n) is 14.9. The summed E-state index contributed by atoms with van der Waals surface area (Å²) in [6, 6.07) is 7.27. The molecule has 1 aromatic rings. The van der Waals surface area contributed by atoms with Crippen molar-refractivity contribution < 1.29 is 14.7 Å². The number of unbranched alkanes of at least 4 members (excludes halogenated alkanes) is 1. The number of guanidine groups is 1. The SMILES string of the molecule is NCCCOc1ccc(C/C(=N\O)C(=O)NCCCCN=C(N)N)cc1. The lowest BCUT2D eigenvalue weighted by Gasteiger charge is -2.08. The highest BCUT2D eigenvalue weighted by atomic mass is 16.5. The second-order valence-electron chi connectivity index (χ2n) is 5.63. The van der Waals surface area contributed by atoms with E-state index in [2.05, 4.69) is 15.5 Å². The number of carbonyl (C=O) groups is 1. The predicted molar refractivity (Wildman–Crippen MR) is 101 cm³/mol. The van der Waals surface area contributed by atoms with Crippen molar-refractivity contribution in [3.8, 4) is 5.75 Å². The molecule has 0 spiro atoms. The number of hydrogen-bond donors (Lipinski definition) is 5. The summed E-state index contributed by atoms with van der Waals surface area (Å²) in [4.78, 5) is 15.9. The fraction of sp³-hybridized carbons (Fsp3) is 0.471. The van der Waals surface area contributed by atoms with Gasteiger partial charge in [0.1, 0.15) is 11.5 Å². The van der Waals surface area contributed by atoms with Crippen molar-refractivity contribution in [1.29, 1.82) is 0 Å². The van der Waals surface area contributed by atoms with Gasteiger partial charge in [0, 0.05) is 19.5 Å². The number of benzene rings is 1. The van der Waals surface area contributed by atoms with Crippen LogP contribution in [0.1, 0.15) is 24.8 Å². The zero-order chi connectivity index (χ0) is 19.2. The maximum absolute atomic E-state index is 12.1. The third-order valence-corrected chi connectivity index (χ3v) is 3.46. The van der Waals surface area contributed by atoms with E-state index in [-0.39, 0.29) is 18.1 Å². The monoisotopic (exact) mass is 364 g/mol. The summed E-state index contributed by atoms with van der Waals surface area (Å²) in [5, 5.41) is 14.9. The first-order chi connectivity index (χ1) is 12.6. The highest BCUT2D eigenvalue weighted by Gasteiger charge is 2.12. The zero-order valence-corrected chi connectivity index (χ0v) is 14.9. The van der Waals surface area contributed by atoms with Gasteiger partial charge in [0.2, 0.25) is 0 Å². The molecule has 0 saturated heterocycles. The molecule has 26 heavy (non-hydrogen) atoms. The van der Waals surface area contributed by atoms with Gasteiger partial charge >= 0.3 is 0 Å². The summed E-state index contributed by atoms with van der Waals surface area (Å²) >= 11 is 0. The molecule has 0 aliphatic carbocycles. The Morgan fingerprint density at radius 1 is 1.15 bits per heavy atom. The van der Waals surface area contributed by atoms with Gasteiger partial charge in [-0.25, -0.2) is 0 Å². The maximum Gasteiger partial charge on any atom is 0.269 e. The Balaban J connectivity index is 2.38. The Labute approximate surface area is 153 Å². The Morgan fingerprint density at radius 3 is 2.50 bits per heavy atom. The topological polar surface area (TPSA) is 161 Å². The first kappa shape index (κ1) is 21.2. The van der Waals surface area contributed by atoms with E-state index in [0.29, 0.717) is 26.2 Å². The normalized spacial score (nSPS) is 11.0. The van der Waals surface area contributed by atoms with Crippen LogP contribution in [0.5, 0.6) is 5.75 Å². The van der Waals surface area contributed by atoms with E-state index in [1.165, 1.54) is 0 Å². The molecule has 8 N–H and O–H groups in total. The van der Waals surface area contributed by atoms with Crippen LogP contribution in [0, 0.1) is 0 Å². The van der Waals surface area contributed by atoms with E-state index < -0.39 is 5.91 Å². The van der Waals surface area contributed by atoms with E-state index in [1.807, 2.05) is 24.3 Å². The summed E-state index contributed by atoms with van der Waals surface area (Å²) in [5.41, 5.74) is 16.8. The van der Waals surface area contributed by atoms with Gasteiger partial charge in [-0.3, -0.25) is 9.79 Å². The Hall–Kier alpha value is -2.81. The largest absolute Gasteiger partial charge is 0.494 e. The Morgan fingerprint density at radius 2 is 1.88 bits per heavy atom. The molecule has 0 aliphatic heterocycles. The highest BCUT2D eigenvalue weighted by Crippen LogP contribution is 2.13. The lowest BCUT2D eigenvalue weighted by molar-refractivity contribution is -0.115. The smallest absolute Gasteiger partial charge is 0.269 e. The first-order valence-corrected chi connectivity index (χ1v) is 8.53. The van der Waals surface area contributed by atoms with Gasteiger partial charge in [0.25, 0.3) is 5.91 Å². The minimum atomic E-state index is -0.405. The number of carbonyl (C=O) groups excluding carboxylic acids is 1. The molecule has 0 aliphatic rings. The predicted octanol–water partition coefficient (Wildman–Crippen LogP) is -0.0433. The van der Waals surface area contributed by atoms with Crippen LogP contribution in [-0.4, -0.2) is 49.0 Å². The number of nitrogens with two attached hydrogens (primary N) is 3. The number of aliphatic imine (C=N–C) groups is 1. The van der Waals surface area contributed by atoms with E-state index >= 15 is 0 Å². The molecule has 0 atom stereocenters. The van der Waals surface area contributed by atoms with Crippen molar-refractivity contribution in [3.63, 3.8) is 0 Å². The van der Waals surface area contributed by atoms with Crippen LogP contribution in [0.2, 0.25) is 0 Å². The molecule has 0 aromatic heterocycles. The second-order valence-corrected chi connectivity index (χ2v) is 5.63. The van der Waals surface area contributed by atoms with Crippen molar-refractivity contribution in [2.24, 2.45) is 27.3 Å². The number of rotatable bonds is 12. The van der Waals surface area contributed by atoms with E-state index in [1.54, 1.807) is 0 Å². The standard InChI is InChI=1S/C17H28N6O3/c18-8-3-11-26-14-6-4-13(5-7-14)12-15(23-25)16(24)21-9-1-2-10-22-17(19)20/h4-7,25H,1-3,8-12,18H2,(H,21,24)(H4,19,20,22)/b23-15+. The van der Waals surface area contributed by atoms with Crippen LogP contribution in [-0.2, 0) is 11.2 Å². The molecule has 0 unspecified atom stereocenters. The van der Waals surface area contributed by atoms with Crippen LogP contribution in [0.4, 0.5) is 0 Å². The van der Waals surface area contributed by atoms with E-state index in [9.17, 15) is 4.79 Å². The number of oxime groups is 1. The van der Waals surface area contributed by atoms with Gasteiger partial charge in [0.15, 0.2) is 5.96 Å². The fourth-order valence-electron chi connectivity index (χ4n) is 2.08. The van der Waals surface area contributed by atoms with Gasteiger partial charge in [-0.2, -0.15) is 0 Å². The van der Waals surface area contributed by atoms with E-state index in [4.69, 9.17) is 27.1 Å². The Bertz CT molecular complexity index is 597. The van der Waals surface area contributed by atoms with Crippen molar-refractivity contribution >= 4 is 17.6 Å². The van der Waals surface area contributed by atoms with Crippen molar-refractivity contribution in [2.75, 3.05) is 26.2 Å². The van der Waals surface area contributed by atoms with Gasteiger partial charge in [0.05, 0.1) is 6.61 Å². The van der Waals surface area contributed by atoms with E-state index in [0.717, 1.165) is 30.6 Å². The quantitative estimate of drug-likeness (QED) is 0.115. The van der Waals surface area contributed by atoms with Crippen LogP contribution in [0.3, 0.4) is 0 Å². The summed E-state index contributed by atoms with van der Waals surface area (Å²) in [6.07, 6.45) is 2.47. The molecule has 1 amide bonds. The van der Waals surface area contributed by atoms with Crippen molar-refractivity contribution in [3.05, 3.63) is 29.8 Å². The molecule has 1 rings (SSSR count).